The first kappa shape index (κ1) is 21.0. The number of carboxylic acid groups (broad SMARTS) is 2. The van der Waals surface area contributed by atoms with Gasteiger partial charge in [0, 0.05) is 38.3 Å². The molecule has 8 heteroatoms. The van der Waals surface area contributed by atoms with Gasteiger partial charge < -0.3 is 15.1 Å². The van der Waals surface area contributed by atoms with Crippen LogP contribution in [-0.4, -0.2) is 64.0 Å². The highest BCUT2D eigenvalue weighted by atomic mass is 19.1. The van der Waals surface area contributed by atoms with Gasteiger partial charge in [-0.2, -0.15) is 0 Å². The van der Waals surface area contributed by atoms with Crippen molar-refractivity contribution in [3.8, 4) is 0 Å². The fraction of sp³-hybridized carbons (Fsp3) is 0.250. The third-order valence-corrected chi connectivity index (χ3v) is 4.18. The van der Waals surface area contributed by atoms with E-state index in [4.69, 9.17) is 19.8 Å². The summed E-state index contributed by atoms with van der Waals surface area (Å²) in [6, 6.07) is 16.1. The Labute approximate surface area is 161 Å². The highest BCUT2D eigenvalue weighted by Gasteiger charge is 2.22. The lowest BCUT2D eigenvalue weighted by molar-refractivity contribution is -0.159. The number of piperazine rings is 1. The van der Waals surface area contributed by atoms with Crippen molar-refractivity contribution in [3.63, 3.8) is 0 Å². The molecule has 148 valence electrons. The second-order valence-electron chi connectivity index (χ2n) is 6.17. The molecule has 0 bridgehead atoms. The summed E-state index contributed by atoms with van der Waals surface area (Å²) in [6.07, 6.45) is 0. The summed E-state index contributed by atoms with van der Waals surface area (Å²) in [5.41, 5.74) is 1.85. The highest BCUT2D eigenvalue weighted by Crippen LogP contribution is 2.12. The van der Waals surface area contributed by atoms with Crippen molar-refractivity contribution in [2.75, 3.05) is 26.2 Å². The van der Waals surface area contributed by atoms with E-state index in [2.05, 4.69) is 17.0 Å². The van der Waals surface area contributed by atoms with Crippen LogP contribution >= 0.6 is 0 Å². The fourth-order valence-corrected chi connectivity index (χ4v) is 2.73. The minimum absolute atomic E-state index is 0.0145. The van der Waals surface area contributed by atoms with Crippen LogP contribution in [0, 0.1) is 5.82 Å². The molecule has 7 nitrogen and oxygen atoms in total. The van der Waals surface area contributed by atoms with Crippen molar-refractivity contribution in [1.29, 1.82) is 0 Å². The van der Waals surface area contributed by atoms with Crippen LogP contribution in [0.25, 0.3) is 0 Å². The third kappa shape index (κ3) is 6.48. The van der Waals surface area contributed by atoms with Crippen LogP contribution in [0.1, 0.15) is 15.9 Å². The minimum Gasteiger partial charge on any atom is -0.473 e. The number of hydrogen-bond donors (Lipinski definition) is 2. The number of rotatable bonds is 3. The molecular weight excluding hydrogens is 367 g/mol. The van der Waals surface area contributed by atoms with Gasteiger partial charge in [-0.05, 0) is 29.8 Å². The molecule has 2 N–H and O–H groups in total. The molecule has 0 atom stereocenters. The van der Waals surface area contributed by atoms with Crippen molar-refractivity contribution < 1.29 is 29.0 Å². The quantitative estimate of drug-likeness (QED) is 0.780. The summed E-state index contributed by atoms with van der Waals surface area (Å²) in [5.74, 6) is -3.98. The van der Waals surface area contributed by atoms with Crippen LogP contribution in [0.3, 0.4) is 0 Å². The van der Waals surface area contributed by atoms with E-state index in [9.17, 15) is 9.18 Å². The van der Waals surface area contributed by atoms with Gasteiger partial charge in [0.1, 0.15) is 5.82 Å². The van der Waals surface area contributed by atoms with Crippen LogP contribution in [0.5, 0.6) is 0 Å². The van der Waals surface area contributed by atoms with Crippen molar-refractivity contribution in [2.45, 2.75) is 6.54 Å². The summed E-state index contributed by atoms with van der Waals surface area (Å²) in [6.45, 7) is 4.06. The van der Waals surface area contributed by atoms with Gasteiger partial charge in [-0.15, -0.1) is 0 Å². The van der Waals surface area contributed by atoms with E-state index < -0.39 is 11.9 Å². The van der Waals surface area contributed by atoms with Crippen LogP contribution in [0.4, 0.5) is 4.39 Å². The monoisotopic (exact) mass is 388 g/mol. The smallest absolute Gasteiger partial charge is 0.414 e. The van der Waals surface area contributed by atoms with E-state index in [1.807, 2.05) is 23.1 Å². The van der Waals surface area contributed by atoms with Crippen LogP contribution < -0.4 is 0 Å². The number of aliphatic carboxylic acids is 2. The maximum Gasteiger partial charge on any atom is 0.414 e. The molecular formula is C20H21FN2O5. The molecule has 1 heterocycles. The summed E-state index contributed by atoms with van der Waals surface area (Å²) in [7, 11) is 0. The highest BCUT2D eigenvalue weighted by molar-refractivity contribution is 6.27. The first-order chi connectivity index (χ1) is 13.4. The first-order valence-electron chi connectivity index (χ1n) is 8.64. The van der Waals surface area contributed by atoms with Gasteiger partial charge in [0.15, 0.2) is 0 Å². The first-order valence-corrected chi connectivity index (χ1v) is 8.64. The number of carbonyl (C=O) groups is 3. The van der Waals surface area contributed by atoms with Crippen LogP contribution in [0.2, 0.25) is 0 Å². The van der Waals surface area contributed by atoms with Gasteiger partial charge >= 0.3 is 11.9 Å². The molecule has 0 aromatic heterocycles. The molecule has 2 aromatic carbocycles. The molecule has 1 fully saturated rings. The summed E-state index contributed by atoms with van der Waals surface area (Å²) < 4.78 is 12.9. The molecule has 2 aromatic rings. The normalized spacial score (nSPS) is 14.0. The summed E-state index contributed by atoms with van der Waals surface area (Å²) in [5, 5.41) is 14.8. The average Bonchev–Trinajstić information content (AvgIpc) is 2.70. The van der Waals surface area contributed by atoms with Gasteiger partial charge in [-0.25, -0.2) is 14.0 Å². The predicted molar refractivity (Wildman–Crippen MR) is 99.3 cm³/mol. The number of carbonyl (C=O) groups excluding carboxylic acids is 1. The van der Waals surface area contributed by atoms with Gasteiger partial charge in [0.25, 0.3) is 5.91 Å². The molecule has 1 aliphatic heterocycles. The van der Waals surface area contributed by atoms with E-state index in [-0.39, 0.29) is 11.7 Å². The van der Waals surface area contributed by atoms with Crippen molar-refractivity contribution in [2.24, 2.45) is 0 Å². The Morgan fingerprint density at radius 2 is 1.36 bits per heavy atom. The van der Waals surface area contributed by atoms with E-state index in [0.717, 1.165) is 19.6 Å². The number of nitrogens with zero attached hydrogens (tertiary/aromatic N) is 2. The maximum absolute atomic E-state index is 12.9. The Bertz CT molecular complexity index is 791. The lowest BCUT2D eigenvalue weighted by Crippen LogP contribution is -2.48. The zero-order valence-corrected chi connectivity index (χ0v) is 15.1. The van der Waals surface area contributed by atoms with Crippen molar-refractivity contribution in [1.82, 2.24) is 9.80 Å². The Morgan fingerprint density at radius 3 is 1.86 bits per heavy atom. The van der Waals surface area contributed by atoms with E-state index in [1.165, 1.54) is 17.7 Å². The van der Waals surface area contributed by atoms with Gasteiger partial charge in [-0.1, -0.05) is 30.3 Å². The second-order valence-corrected chi connectivity index (χ2v) is 6.17. The van der Waals surface area contributed by atoms with Crippen molar-refractivity contribution in [3.05, 3.63) is 71.5 Å². The maximum atomic E-state index is 12.9. The molecule has 28 heavy (non-hydrogen) atoms. The van der Waals surface area contributed by atoms with E-state index in [0.29, 0.717) is 18.7 Å². The largest absolute Gasteiger partial charge is 0.473 e. The molecule has 0 saturated carbocycles. The standard InChI is InChI=1S/C18H19FN2O.C2H2O4/c19-17-8-6-16(7-9-17)18(22)21-12-10-20(11-13-21)14-15-4-2-1-3-5-15;3-1(4)2(5)6/h1-9H,10-14H2;(H,3,4)(H,5,6). The van der Waals surface area contributed by atoms with E-state index in [1.54, 1.807) is 12.1 Å². The zero-order valence-electron chi connectivity index (χ0n) is 15.1. The molecule has 3 rings (SSSR count). The Morgan fingerprint density at radius 1 is 0.821 bits per heavy atom. The second kappa shape index (κ2) is 10.2. The van der Waals surface area contributed by atoms with Crippen LogP contribution in [-0.2, 0) is 16.1 Å². The number of hydrogen-bond acceptors (Lipinski definition) is 4. The number of benzene rings is 2. The minimum atomic E-state index is -1.82. The lowest BCUT2D eigenvalue weighted by atomic mass is 10.1. The molecule has 1 saturated heterocycles. The number of carboxylic acids is 2. The number of amides is 1. The van der Waals surface area contributed by atoms with Gasteiger partial charge in [0.05, 0.1) is 0 Å². The Hall–Kier alpha value is -3.26. The summed E-state index contributed by atoms with van der Waals surface area (Å²) >= 11 is 0. The lowest BCUT2D eigenvalue weighted by Gasteiger charge is -2.34. The van der Waals surface area contributed by atoms with Crippen LogP contribution in [0.15, 0.2) is 54.6 Å². The number of halogens is 1. The fourth-order valence-electron chi connectivity index (χ4n) is 2.73. The molecule has 1 aliphatic rings. The summed E-state index contributed by atoms with van der Waals surface area (Å²) in [4.78, 5) is 34.8. The molecule has 0 unspecified atom stereocenters. The molecule has 0 aliphatic carbocycles. The predicted octanol–water partition coefficient (Wildman–Crippen LogP) is 1.94. The topological polar surface area (TPSA) is 98.1 Å². The Balaban J connectivity index is 0.000000409. The zero-order chi connectivity index (χ0) is 20.5. The molecule has 1 amide bonds. The van der Waals surface area contributed by atoms with Crippen molar-refractivity contribution >= 4 is 17.8 Å². The van der Waals surface area contributed by atoms with Gasteiger partial charge in [-0.3, -0.25) is 9.69 Å². The van der Waals surface area contributed by atoms with E-state index >= 15 is 0 Å². The third-order valence-electron chi connectivity index (χ3n) is 4.18. The SMILES string of the molecule is O=C(O)C(=O)O.O=C(c1ccc(F)cc1)N1CCN(Cc2ccccc2)CC1. The van der Waals surface area contributed by atoms with Gasteiger partial charge in [0.2, 0.25) is 0 Å². The molecule has 0 spiro atoms. The average molecular weight is 388 g/mol. The molecule has 0 radical (unpaired) electrons. The Kier molecular flexibility index (Phi) is 7.65.